The van der Waals surface area contributed by atoms with Crippen LogP contribution in [0.1, 0.15) is 6.23 Å². The summed E-state index contributed by atoms with van der Waals surface area (Å²) in [6, 6.07) is 0. The van der Waals surface area contributed by atoms with Gasteiger partial charge < -0.3 is 30.4 Å². The molecule has 0 unspecified atom stereocenters. The Balaban J connectivity index is 2.10. The van der Waals surface area contributed by atoms with E-state index in [-0.39, 0.29) is 6.61 Å². The van der Waals surface area contributed by atoms with Gasteiger partial charge in [0.25, 0.3) is 0 Å². The van der Waals surface area contributed by atoms with E-state index in [0.717, 1.165) is 3.57 Å². The highest BCUT2D eigenvalue weighted by Gasteiger charge is 2.44. The van der Waals surface area contributed by atoms with Crippen molar-refractivity contribution in [1.82, 2.24) is 14.5 Å². The van der Waals surface area contributed by atoms with Crippen LogP contribution < -0.4 is 5.73 Å². The highest BCUT2D eigenvalue weighted by molar-refractivity contribution is 14.1. The van der Waals surface area contributed by atoms with Crippen molar-refractivity contribution < 1.29 is 20.1 Å². The van der Waals surface area contributed by atoms with E-state index < -0.39 is 24.5 Å². The van der Waals surface area contributed by atoms with Crippen LogP contribution >= 0.6 is 22.6 Å². The summed E-state index contributed by atoms with van der Waals surface area (Å²) in [5, 5.41) is 29.7. The van der Waals surface area contributed by atoms with Gasteiger partial charge >= 0.3 is 0 Å². The third-order valence-electron chi connectivity index (χ3n) is 3.38. The van der Waals surface area contributed by atoms with Crippen molar-refractivity contribution in [2.75, 3.05) is 12.3 Å². The molecule has 20 heavy (non-hydrogen) atoms. The third kappa shape index (κ3) is 1.97. The van der Waals surface area contributed by atoms with Crippen molar-refractivity contribution in [3.63, 3.8) is 0 Å². The molecule has 4 atom stereocenters. The lowest BCUT2D eigenvalue weighted by molar-refractivity contribution is -0.0509. The summed E-state index contributed by atoms with van der Waals surface area (Å²) in [5.41, 5.74) is 6.33. The van der Waals surface area contributed by atoms with Crippen LogP contribution in [0.3, 0.4) is 0 Å². The average molecular weight is 392 g/mol. The minimum absolute atomic E-state index is 0.338. The summed E-state index contributed by atoms with van der Waals surface area (Å²) in [4.78, 5) is 8.08. The minimum atomic E-state index is -1.16. The number of nitrogens with zero attached hydrogens (tertiary/aromatic N) is 3. The molecule has 5 N–H and O–H groups in total. The second-order valence-electron chi connectivity index (χ2n) is 4.57. The van der Waals surface area contributed by atoms with Crippen LogP contribution in [-0.2, 0) is 4.74 Å². The molecule has 0 amide bonds. The first kappa shape index (κ1) is 13.9. The first-order valence-corrected chi connectivity index (χ1v) is 7.01. The van der Waals surface area contributed by atoms with Gasteiger partial charge in [-0.25, -0.2) is 9.97 Å². The van der Waals surface area contributed by atoms with Gasteiger partial charge in [0.1, 0.15) is 36.1 Å². The van der Waals surface area contributed by atoms with E-state index >= 15 is 0 Å². The molecule has 0 aliphatic carbocycles. The topological polar surface area (TPSA) is 127 Å². The smallest absolute Gasteiger partial charge is 0.164 e. The number of ether oxygens (including phenoxy) is 1. The molecule has 8 nitrogen and oxygen atoms in total. The SMILES string of the molecule is Nc1ncnc2c1c(I)cn2[C@H]1O[C@H](CO)[C@@H](O)[C@H]1O. The normalized spacial score (nSPS) is 30.2. The predicted octanol–water partition coefficient (Wildman–Crippen LogP) is -0.770. The van der Waals surface area contributed by atoms with Crippen LogP contribution in [0.2, 0.25) is 0 Å². The van der Waals surface area contributed by atoms with Gasteiger partial charge in [0.05, 0.1) is 12.0 Å². The molecule has 3 rings (SSSR count). The molecule has 9 heteroatoms. The van der Waals surface area contributed by atoms with Gasteiger partial charge in [0.15, 0.2) is 6.23 Å². The fraction of sp³-hybridized carbons (Fsp3) is 0.455. The monoisotopic (exact) mass is 392 g/mol. The van der Waals surface area contributed by atoms with Crippen LogP contribution in [0.5, 0.6) is 0 Å². The number of aliphatic hydroxyl groups is 3. The van der Waals surface area contributed by atoms with Gasteiger partial charge in [-0.3, -0.25) is 0 Å². The molecule has 2 aromatic heterocycles. The fourth-order valence-electron chi connectivity index (χ4n) is 2.37. The summed E-state index contributed by atoms with van der Waals surface area (Å²) >= 11 is 2.09. The average Bonchev–Trinajstić information content (AvgIpc) is 2.90. The molecule has 1 saturated heterocycles. The number of halogens is 1. The van der Waals surface area contributed by atoms with Crippen LogP contribution in [0.15, 0.2) is 12.5 Å². The largest absolute Gasteiger partial charge is 0.394 e. The van der Waals surface area contributed by atoms with Gasteiger partial charge in [-0.2, -0.15) is 0 Å². The molecule has 1 fully saturated rings. The third-order valence-corrected chi connectivity index (χ3v) is 4.20. The Morgan fingerprint density at radius 1 is 1.35 bits per heavy atom. The Labute approximate surface area is 127 Å². The Morgan fingerprint density at radius 2 is 2.10 bits per heavy atom. The van der Waals surface area contributed by atoms with Crippen LogP contribution in [0, 0.1) is 3.57 Å². The van der Waals surface area contributed by atoms with E-state index in [1.165, 1.54) is 6.33 Å². The number of fused-ring (bicyclic) bond motifs is 1. The number of nitrogen functional groups attached to an aromatic ring is 1. The van der Waals surface area contributed by atoms with Crippen molar-refractivity contribution in [2.45, 2.75) is 24.5 Å². The zero-order valence-corrected chi connectivity index (χ0v) is 12.4. The predicted molar refractivity (Wildman–Crippen MR) is 77.7 cm³/mol. The molecule has 2 aromatic rings. The maximum Gasteiger partial charge on any atom is 0.164 e. The second kappa shape index (κ2) is 5.07. The number of hydrogen-bond acceptors (Lipinski definition) is 7. The molecule has 1 aliphatic heterocycles. The second-order valence-corrected chi connectivity index (χ2v) is 5.73. The number of rotatable bonds is 2. The number of hydrogen-bond donors (Lipinski definition) is 4. The summed E-state index contributed by atoms with van der Waals surface area (Å²) in [6.45, 7) is -0.373. The molecule has 0 saturated carbocycles. The lowest BCUT2D eigenvalue weighted by Crippen LogP contribution is -2.33. The molecule has 108 valence electrons. The van der Waals surface area contributed by atoms with E-state index in [1.54, 1.807) is 10.8 Å². The van der Waals surface area contributed by atoms with E-state index in [1.807, 2.05) is 0 Å². The van der Waals surface area contributed by atoms with Gasteiger partial charge in [-0.05, 0) is 22.6 Å². The number of aliphatic hydroxyl groups excluding tert-OH is 3. The molecule has 0 aromatic carbocycles. The highest BCUT2D eigenvalue weighted by Crippen LogP contribution is 2.34. The van der Waals surface area contributed by atoms with Crippen molar-refractivity contribution in [3.8, 4) is 0 Å². The van der Waals surface area contributed by atoms with Gasteiger partial charge in [0, 0.05) is 9.77 Å². The zero-order chi connectivity index (χ0) is 14.4. The van der Waals surface area contributed by atoms with Gasteiger partial charge in [0.2, 0.25) is 0 Å². The Kier molecular flexibility index (Phi) is 3.54. The maximum absolute atomic E-state index is 10.1. The molecule has 1 aliphatic rings. The van der Waals surface area contributed by atoms with Crippen LogP contribution in [0.25, 0.3) is 11.0 Å². The number of nitrogens with two attached hydrogens (primary N) is 1. The van der Waals surface area contributed by atoms with Crippen molar-refractivity contribution in [1.29, 1.82) is 0 Å². The summed E-state index contributed by atoms with van der Waals surface area (Å²) in [5.74, 6) is 0.338. The van der Waals surface area contributed by atoms with E-state index in [0.29, 0.717) is 16.9 Å². The minimum Gasteiger partial charge on any atom is -0.394 e. The van der Waals surface area contributed by atoms with Crippen LogP contribution in [-0.4, -0.2) is 54.8 Å². The first-order chi connectivity index (χ1) is 9.54. The molecule has 3 heterocycles. The lowest BCUT2D eigenvalue weighted by atomic mass is 10.1. The first-order valence-electron chi connectivity index (χ1n) is 5.93. The van der Waals surface area contributed by atoms with E-state index in [9.17, 15) is 10.2 Å². The standard InChI is InChI=1S/C11H13IN4O4/c12-4-1-16(10-6(4)9(13)14-3-15-10)11-8(19)7(18)5(2-17)20-11/h1,3,5,7-8,11,17-19H,2H2,(H2,13,14,15)/t5-,7-,8-,11+/m1/s1. The molecule has 0 bridgehead atoms. The van der Waals surface area contributed by atoms with Gasteiger partial charge in [-0.15, -0.1) is 0 Å². The quantitative estimate of drug-likeness (QED) is 0.495. The molecule has 0 spiro atoms. The lowest BCUT2D eigenvalue weighted by Gasteiger charge is -2.17. The molecular formula is C11H13IN4O4. The van der Waals surface area contributed by atoms with E-state index in [4.69, 9.17) is 15.6 Å². The van der Waals surface area contributed by atoms with E-state index in [2.05, 4.69) is 32.6 Å². The summed E-state index contributed by atoms with van der Waals surface area (Å²) < 4.78 is 7.90. The Morgan fingerprint density at radius 3 is 2.75 bits per heavy atom. The van der Waals surface area contributed by atoms with Crippen molar-refractivity contribution in [3.05, 3.63) is 16.1 Å². The fourth-order valence-corrected chi connectivity index (χ4v) is 3.18. The zero-order valence-electron chi connectivity index (χ0n) is 10.2. The summed E-state index contributed by atoms with van der Waals surface area (Å²) in [6.07, 6.45) is -0.928. The number of anilines is 1. The number of aromatic nitrogens is 3. The molecular weight excluding hydrogens is 379 g/mol. The van der Waals surface area contributed by atoms with Crippen LogP contribution in [0.4, 0.5) is 5.82 Å². The Bertz CT molecular complexity index is 649. The maximum atomic E-state index is 10.1. The molecule has 0 radical (unpaired) electrons. The van der Waals surface area contributed by atoms with Gasteiger partial charge in [-0.1, -0.05) is 0 Å². The Hall–Kier alpha value is -1.01. The summed E-state index contributed by atoms with van der Waals surface area (Å²) in [7, 11) is 0. The highest BCUT2D eigenvalue weighted by atomic mass is 127. The van der Waals surface area contributed by atoms with Crippen molar-refractivity contribution in [2.24, 2.45) is 0 Å². The van der Waals surface area contributed by atoms with Crippen molar-refractivity contribution >= 4 is 39.4 Å².